The summed E-state index contributed by atoms with van der Waals surface area (Å²) in [6.45, 7) is 4.19. The number of aromatic nitrogens is 4. The summed E-state index contributed by atoms with van der Waals surface area (Å²) in [5.74, 6) is 0.0320. The summed E-state index contributed by atoms with van der Waals surface area (Å²) in [6, 6.07) is 11.7. The zero-order valence-corrected chi connectivity index (χ0v) is 14.7. The number of hydrogen-bond acceptors (Lipinski definition) is 6. The molecule has 0 spiro atoms. The molecule has 0 atom stereocenters. The first kappa shape index (κ1) is 17.0. The largest absolute Gasteiger partial charge is 0.295 e. The molecule has 7 nitrogen and oxygen atoms in total. The monoisotopic (exact) mass is 355 g/mol. The number of nitrogens with one attached hydrogen (secondary N) is 1. The summed E-state index contributed by atoms with van der Waals surface area (Å²) >= 11 is 1.34. The smallest absolute Gasteiger partial charge is 0.277 e. The summed E-state index contributed by atoms with van der Waals surface area (Å²) in [7, 11) is 0. The summed E-state index contributed by atoms with van der Waals surface area (Å²) in [5, 5.41) is 16.1. The van der Waals surface area contributed by atoms with Crippen LogP contribution in [-0.4, -0.2) is 25.9 Å². The van der Waals surface area contributed by atoms with Gasteiger partial charge in [0.15, 0.2) is 0 Å². The number of hydrogen-bond donors (Lipinski definition) is 1. The van der Waals surface area contributed by atoms with E-state index in [9.17, 15) is 9.59 Å². The minimum Gasteiger partial charge on any atom is -0.295 e. The average Bonchev–Trinajstić information content (AvgIpc) is 3.02. The van der Waals surface area contributed by atoms with Crippen molar-refractivity contribution in [1.82, 2.24) is 20.0 Å². The van der Waals surface area contributed by atoms with E-state index >= 15 is 0 Å². The van der Waals surface area contributed by atoms with Crippen molar-refractivity contribution in [3.8, 4) is 5.69 Å². The molecule has 1 amide bonds. The van der Waals surface area contributed by atoms with Gasteiger partial charge in [-0.25, -0.2) is 0 Å². The highest BCUT2D eigenvalue weighted by atomic mass is 32.1. The molecule has 1 aromatic carbocycles. The standard InChI is InChI=1S/C17H17N5O2S/c1-11(2)10-14-19-20-17(25-14)18-16(24)13-8-9-15(23)22(21-13)12-6-4-3-5-7-12/h3-9,11H,10H2,1-2H3,(H,18,20,24). The Morgan fingerprint density at radius 3 is 2.64 bits per heavy atom. The number of nitrogens with zero attached hydrogens (tertiary/aromatic N) is 4. The topological polar surface area (TPSA) is 89.8 Å². The van der Waals surface area contributed by atoms with Crippen LogP contribution in [0.15, 0.2) is 47.3 Å². The molecule has 2 aromatic heterocycles. The number of rotatable bonds is 5. The van der Waals surface area contributed by atoms with E-state index in [4.69, 9.17) is 0 Å². The van der Waals surface area contributed by atoms with E-state index in [-0.39, 0.29) is 11.3 Å². The third-order valence-corrected chi connectivity index (χ3v) is 4.16. The number of carbonyl (C=O) groups is 1. The lowest BCUT2D eigenvalue weighted by Crippen LogP contribution is -2.24. The van der Waals surface area contributed by atoms with E-state index in [0.29, 0.717) is 16.7 Å². The second-order valence-corrected chi connectivity index (χ2v) is 6.92. The Morgan fingerprint density at radius 2 is 1.92 bits per heavy atom. The van der Waals surface area contributed by atoms with Gasteiger partial charge in [0.25, 0.3) is 11.5 Å². The van der Waals surface area contributed by atoms with Crippen LogP contribution in [0, 0.1) is 5.92 Å². The van der Waals surface area contributed by atoms with Gasteiger partial charge in [0.1, 0.15) is 10.7 Å². The Kier molecular flexibility index (Phi) is 4.99. The Bertz CT molecular complexity index is 933. The molecule has 2 heterocycles. The Balaban J connectivity index is 1.81. The van der Waals surface area contributed by atoms with Crippen LogP contribution in [0.5, 0.6) is 0 Å². The van der Waals surface area contributed by atoms with Crippen molar-refractivity contribution in [1.29, 1.82) is 0 Å². The molecular formula is C17H17N5O2S. The molecule has 1 N–H and O–H groups in total. The van der Waals surface area contributed by atoms with Gasteiger partial charge in [0.05, 0.1) is 5.69 Å². The van der Waals surface area contributed by atoms with Gasteiger partial charge in [0, 0.05) is 12.5 Å². The molecule has 0 saturated carbocycles. The van der Waals surface area contributed by atoms with Gasteiger partial charge in [-0.15, -0.1) is 10.2 Å². The summed E-state index contributed by atoms with van der Waals surface area (Å²) in [5.41, 5.74) is 0.416. The Morgan fingerprint density at radius 1 is 1.16 bits per heavy atom. The highest BCUT2D eigenvalue weighted by Crippen LogP contribution is 2.18. The fraction of sp³-hybridized carbons (Fsp3) is 0.235. The third kappa shape index (κ3) is 4.16. The van der Waals surface area contributed by atoms with E-state index in [1.807, 2.05) is 6.07 Å². The SMILES string of the molecule is CC(C)Cc1nnc(NC(=O)c2ccc(=O)n(-c3ccccc3)n2)s1. The fourth-order valence-corrected chi connectivity index (χ4v) is 3.13. The average molecular weight is 355 g/mol. The third-order valence-electron chi connectivity index (χ3n) is 3.30. The van der Waals surface area contributed by atoms with Gasteiger partial charge < -0.3 is 0 Å². The van der Waals surface area contributed by atoms with Gasteiger partial charge in [-0.3, -0.25) is 14.9 Å². The minimum absolute atomic E-state index is 0.129. The Hall–Kier alpha value is -2.87. The van der Waals surface area contributed by atoms with E-state index < -0.39 is 5.91 Å². The first-order chi connectivity index (χ1) is 12.0. The number of anilines is 1. The van der Waals surface area contributed by atoms with Crippen molar-refractivity contribution < 1.29 is 4.79 Å². The number of benzene rings is 1. The molecule has 25 heavy (non-hydrogen) atoms. The molecule has 0 saturated heterocycles. The summed E-state index contributed by atoms with van der Waals surface area (Å²) < 4.78 is 1.19. The number of amides is 1. The molecule has 0 radical (unpaired) electrons. The van der Waals surface area contributed by atoms with E-state index in [2.05, 4.69) is 34.5 Å². The van der Waals surface area contributed by atoms with Gasteiger partial charge in [-0.05, 0) is 24.1 Å². The van der Waals surface area contributed by atoms with Crippen molar-refractivity contribution in [2.24, 2.45) is 5.92 Å². The van der Waals surface area contributed by atoms with Crippen LogP contribution in [0.4, 0.5) is 5.13 Å². The molecule has 128 valence electrons. The maximum atomic E-state index is 12.4. The maximum Gasteiger partial charge on any atom is 0.277 e. The van der Waals surface area contributed by atoms with Crippen LogP contribution in [0.3, 0.4) is 0 Å². The van der Waals surface area contributed by atoms with Crippen LogP contribution < -0.4 is 10.9 Å². The zero-order valence-electron chi connectivity index (χ0n) is 13.8. The van der Waals surface area contributed by atoms with Crippen LogP contribution in [-0.2, 0) is 6.42 Å². The van der Waals surface area contributed by atoms with Crippen LogP contribution in [0.1, 0.15) is 29.3 Å². The lowest BCUT2D eigenvalue weighted by atomic mass is 10.1. The Labute approximate surface area is 148 Å². The lowest BCUT2D eigenvalue weighted by molar-refractivity contribution is 0.102. The molecule has 0 aliphatic rings. The minimum atomic E-state index is -0.433. The van der Waals surface area contributed by atoms with Crippen LogP contribution in [0.2, 0.25) is 0 Å². The molecule has 0 unspecified atom stereocenters. The van der Waals surface area contributed by atoms with Crippen molar-refractivity contribution in [2.75, 3.05) is 5.32 Å². The van der Waals surface area contributed by atoms with Crippen molar-refractivity contribution in [2.45, 2.75) is 20.3 Å². The van der Waals surface area contributed by atoms with Gasteiger partial charge in [-0.2, -0.15) is 9.78 Å². The molecule has 0 fully saturated rings. The molecule has 0 bridgehead atoms. The van der Waals surface area contributed by atoms with Gasteiger partial charge in [0.2, 0.25) is 5.13 Å². The molecule has 3 aromatic rings. The van der Waals surface area contributed by atoms with Crippen LogP contribution >= 0.6 is 11.3 Å². The predicted octanol–water partition coefficient (Wildman–Crippen LogP) is 2.53. The number of carbonyl (C=O) groups excluding carboxylic acids is 1. The lowest BCUT2D eigenvalue weighted by Gasteiger charge is -2.06. The van der Waals surface area contributed by atoms with E-state index in [1.165, 1.54) is 28.2 Å². The second kappa shape index (κ2) is 7.35. The van der Waals surface area contributed by atoms with Crippen LogP contribution in [0.25, 0.3) is 5.69 Å². The normalized spacial score (nSPS) is 10.8. The van der Waals surface area contributed by atoms with Crippen molar-refractivity contribution in [3.05, 3.63) is 63.5 Å². The summed E-state index contributed by atoms with van der Waals surface area (Å²) in [4.78, 5) is 24.4. The van der Waals surface area contributed by atoms with E-state index in [1.54, 1.807) is 24.3 Å². The zero-order chi connectivity index (χ0) is 17.8. The molecule has 0 aliphatic carbocycles. The quantitative estimate of drug-likeness (QED) is 0.759. The number of para-hydroxylation sites is 1. The van der Waals surface area contributed by atoms with E-state index in [0.717, 1.165) is 11.4 Å². The highest BCUT2D eigenvalue weighted by Gasteiger charge is 2.14. The molecule has 3 rings (SSSR count). The highest BCUT2D eigenvalue weighted by molar-refractivity contribution is 7.15. The first-order valence-corrected chi connectivity index (χ1v) is 8.64. The maximum absolute atomic E-state index is 12.4. The predicted molar refractivity (Wildman–Crippen MR) is 96.2 cm³/mol. The van der Waals surface area contributed by atoms with Gasteiger partial charge in [-0.1, -0.05) is 43.4 Å². The first-order valence-electron chi connectivity index (χ1n) is 7.82. The molecule has 0 aliphatic heterocycles. The second-order valence-electron chi connectivity index (χ2n) is 5.86. The van der Waals surface area contributed by atoms with Crippen molar-refractivity contribution in [3.63, 3.8) is 0 Å². The molecule has 8 heteroatoms. The van der Waals surface area contributed by atoms with Crippen molar-refractivity contribution >= 4 is 22.4 Å². The molecular weight excluding hydrogens is 338 g/mol. The van der Waals surface area contributed by atoms with Gasteiger partial charge >= 0.3 is 0 Å². The summed E-state index contributed by atoms with van der Waals surface area (Å²) in [6.07, 6.45) is 0.810. The fourth-order valence-electron chi connectivity index (χ4n) is 2.18.